The smallest absolute Gasteiger partial charge is 0.401 e. The largest absolute Gasteiger partial charge is 0.478 e. The Morgan fingerprint density at radius 1 is 1.33 bits per heavy atom. The summed E-state index contributed by atoms with van der Waals surface area (Å²) < 4.78 is 36.9. The van der Waals surface area contributed by atoms with Crippen molar-refractivity contribution in [3.63, 3.8) is 0 Å². The Kier molecular flexibility index (Phi) is 4.21. The topological polar surface area (TPSA) is 82.7 Å². The molecule has 1 fully saturated rings. The van der Waals surface area contributed by atoms with Gasteiger partial charge in [-0.3, -0.25) is 4.90 Å². The third-order valence-corrected chi connectivity index (χ3v) is 3.22. The molecule has 3 N–H and O–H groups in total. The van der Waals surface area contributed by atoms with Gasteiger partial charge in [0.25, 0.3) is 0 Å². The van der Waals surface area contributed by atoms with Crippen molar-refractivity contribution in [3.05, 3.63) is 17.8 Å². The van der Waals surface area contributed by atoms with Gasteiger partial charge >= 0.3 is 12.1 Å². The second-order valence-electron chi connectivity index (χ2n) is 4.82. The minimum Gasteiger partial charge on any atom is -0.478 e. The summed E-state index contributed by atoms with van der Waals surface area (Å²) in [5.74, 6) is -0.720. The molecule has 1 aliphatic heterocycles. The quantitative estimate of drug-likeness (QED) is 0.868. The van der Waals surface area contributed by atoms with Crippen LogP contribution in [0, 0.1) is 0 Å². The van der Waals surface area contributed by atoms with Gasteiger partial charge in [0.1, 0.15) is 0 Å². The maximum atomic E-state index is 12.3. The maximum Gasteiger partial charge on any atom is 0.401 e. The highest BCUT2D eigenvalue weighted by molar-refractivity contribution is 5.89. The average molecular weight is 304 g/mol. The van der Waals surface area contributed by atoms with Crippen LogP contribution in [0.2, 0.25) is 0 Å². The summed E-state index contributed by atoms with van der Waals surface area (Å²) >= 11 is 0. The van der Waals surface area contributed by atoms with Crippen molar-refractivity contribution in [2.45, 2.75) is 6.18 Å². The number of hydrogen-bond donors (Lipinski definition) is 2. The Hall–Kier alpha value is -2.03. The van der Waals surface area contributed by atoms with Crippen molar-refractivity contribution in [1.29, 1.82) is 0 Å². The van der Waals surface area contributed by atoms with E-state index in [1.807, 2.05) is 0 Å². The fourth-order valence-corrected chi connectivity index (χ4v) is 2.23. The highest BCUT2D eigenvalue weighted by Gasteiger charge is 2.32. The second kappa shape index (κ2) is 5.76. The summed E-state index contributed by atoms with van der Waals surface area (Å²) in [7, 11) is 0. The molecule has 6 nitrogen and oxygen atoms in total. The first kappa shape index (κ1) is 15.4. The third-order valence-electron chi connectivity index (χ3n) is 3.22. The molecule has 0 aliphatic carbocycles. The maximum absolute atomic E-state index is 12.3. The van der Waals surface area contributed by atoms with Crippen LogP contribution in [-0.4, -0.2) is 59.9 Å². The molecular formula is C12H15F3N4O2. The van der Waals surface area contributed by atoms with Crippen LogP contribution in [0.4, 0.5) is 24.7 Å². The van der Waals surface area contributed by atoms with Crippen LogP contribution in [0.25, 0.3) is 0 Å². The van der Waals surface area contributed by atoms with E-state index < -0.39 is 18.7 Å². The molecule has 0 saturated carbocycles. The number of aromatic carboxylic acids is 1. The molecule has 2 rings (SSSR count). The van der Waals surface area contributed by atoms with Crippen LogP contribution in [0.15, 0.2) is 12.3 Å². The van der Waals surface area contributed by atoms with Gasteiger partial charge in [0, 0.05) is 32.4 Å². The highest BCUT2D eigenvalue weighted by Crippen LogP contribution is 2.24. The molecule has 21 heavy (non-hydrogen) atoms. The lowest BCUT2D eigenvalue weighted by Gasteiger charge is -2.36. The molecule has 9 heteroatoms. The van der Waals surface area contributed by atoms with Gasteiger partial charge in [0.05, 0.1) is 17.8 Å². The monoisotopic (exact) mass is 304 g/mol. The predicted molar refractivity (Wildman–Crippen MR) is 70.3 cm³/mol. The zero-order chi connectivity index (χ0) is 15.6. The summed E-state index contributed by atoms with van der Waals surface area (Å²) in [6.45, 7) is 0.295. The van der Waals surface area contributed by atoms with E-state index in [4.69, 9.17) is 10.8 Å². The molecule has 0 bridgehead atoms. The van der Waals surface area contributed by atoms with Gasteiger partial charge in [-0.05, 0) is 6.07 Å². The van der Waals surface area contributed by atoms with Gasteiger partial charge in [-0.15, -0.1) is 0 Å². The predicted octanol–water partition coefficient (Wildman–Crippen LogP) is 1.05. The summed E-state index contributed by atoms with van der Waals surface area (Å²) in [6.07, 6.45) is -3.02. The van der Waals surface area contributed by atoms with Crippen molar-refractivity contribution < 1.29 is 23.1 Å². The van der Waals surface area contributed by atoms with E-state index in [1.165, 1.54) is 17.2 Å². The summed E-state index contributed by atoms with van der Waals surface area (Å²) in [5.41, 5.74) is 5.95. The molecule has 1 aliphatic rings. The second-order valence-corrected chi connectivity index (χ2v) is 4.82. The van der Waals surface area contributed by atoms with Gasteiger partial charge in [-0.25, -0.2) is 9.78 Å². The summed E-state index contributed by atoms with van der Waals surface area (Å²) in [4.78, 5) is 17.9. The van der Waals surface area contributed by atoms with E-state index in [0.29, 0.717) is 18.9 Å². The van der Waals surface area contributed by atoms with Gasteiger partial charge in [-0.1, -0.05) is 0 Å². The zero-order valence-corrected chi connectivity index (χ0v) is 11.1. The number of nitrogens with two attached hydrogens (primary N) is 1. The first-order valence-corrected chi connectivity index (χ1v) is 6.29. The van der Waals surface area contributed by atoms with Gasteiger partial charge in [-0.2, -0.15) is 13.2 Å². The fourth-order valence-electron chi connectivity index (χ4n) is 2.23. The van der Waals surface area contributed by atoms with Gasteiger partial charge in [0.2, 0.25) is 0 Å². The Labute approximate surface area is 119 Å². The number of alkyl halides is 3. The number of halogens is 3. The molecule has 1 saturated heterocycles. The Morgan fingerprint density at radius 2 is 1.95 bits per heavy atom. The molecule has 116 valence electrons. The van der Waals surface area contributed by atoms with E-state index in [0.717, 1.165) is 0 Å². The molecule has 0 amide bonds. The fraction of sp³-hybridized carbons (Fsp3) is 0.500. The molecule has 0 aromatic carbocycles. The Bertz CT molecular complexity index is 528. The normalized spacial score (nSPS) is 17.0. The van der Waals surface area contributed by atoms with Crippen LogP contribution in [-0.2, 0) is 0 Å². The average Bonchev–Trinajstić information content (AvgIpc) is 2.38. The van der Waals surface area contributed by atoms with Gasteiger partial charge in [0.15, 0.2) is 5.82 Å². The van der Waals surface area contributed by atoms with Crippen molar-refractivity contribution in [1.82, 2.24) is 9.88 Å². The Balaban J connectivity index is 2.01. The number of hydrogen-bond acceptors (Lipinski definition) is 5. The highest BCUT2D eigenvalue weighted by atomic mass is 19.4. The minimum absolute atomic E-state index is 0.0213. The first-order chi connectivity index (χ1) is 9.76. The standard InChI is InChI=1S/C12H15F3N4O2/c13-12(14,15)7-18-1-3-19(4-2-18)10-9(16)5-8(6-17-10)11(20)21/h5-6H,1-4,7,16H2,(H,20,21). The number of rotatable bonds is 3. The molecular weight excluding hydrogens is 289 g/mol. The minimum atomic E-state index is -4.21. The number of piperazine rings is 1. The van der Waals surface area contributed by atoms with Crippen molar-refractivity contribution in [3.8, 4) is 0 Å². The van der Waals surface area contributed by atoms with Gasteiger partial charge < -0.3 is 15.7 Å². The molecule has 1 aromatic heterocycles. The number of carboxylic acids is 1. The van der Waals surface area contributed by atoms with Crippen LogP contribution in [0.1, 0.15) is 10.4 Å². The molecule has 0 spiro atoms. The first-order valence-electron chi connectivity index (χ1n) is 6.29. The molecule has 0 radical (unpaired) electrons. The number of carboxylic acid groups (broad SMARTS) is 1. The van der Waals surface area contributed by atoms with E-state index >= 15 is 0 Å². The lowest BCUT2D eigenvalue weighted by molar-refractivity contribution is -0.146. The third kappa shape index (κ3) is 3.97. The van der Waals surface area contributed by atoms with Crippen LogP contribution >= 0.6 is 0 Å². The van der Waals surface area contributed by atoms with E-state index in [9.17, 15) is 18.0 Å². The van der Waals surface area contributed by atoms with Crippen LogP contribution in [0.3, 0.4) is 0 Å². The molecule has 2 heterocycles. The van der Waals surface area contributed by atoms with Crippen molar-refractivity contribution in [2.75, 3.05) is 43.4 Å². The number of nitrogen functional groups attached to an aromatic ring is 1. The lowest BCUT2D eigenvalue weighted by Crippen LogP contribution is -2.49. The number of nitrogens with zero attached hydrogens (tertiary/aromatic N) is 3. The number of carbonyl (C=O) groups is 1. The van der Waals surface area contributed by atoms with Crippen molar-refractivity contribution >= 4 is 17.5 Å². The van der Waals surface area contributed by atoms with E-state index in [1.54, 1.807) is 4.90 Å². The Morgan fingerprint density at radius 3 is 2.43 bits per heavy atom. The lowest BCUT2D eigenvalue weighted by atomic mass is 10.2. The van der Waals surface area contributed by atoms with E-state index in [2.05, 4.69) is 4.98 Å². The molecule has 0 unspecified atom stereocenters. The summed E-state index contributed by atoms with van der Waals surface area (Å²) in [6, 6.07) is 1.30. The van der Waals surface area contributed by atoms with E-state index in [-0.39, 0.29) is 24.3 Å². The SMILES string of the molecule is Nc1cc(C(=O)O)cnc1N1CCN(CC(F)(F)F)CC1. The summed E-state index contributed by atoms with van der Waals surface area (Å²) in [5, 5.41) is 8.83. The number of pyridine rings is 1. The molecule has 1 aromatic rings. The van der Waals surface area contributed by atoms with Crippen molar-refractivity contribution in [2.24, 2.45) is 0 Å². The number of aromatic nitrogens is 1. The van der Waals surface area contributed by atoms with Crippen LogP contribution in [0.5, 0.6) is 0 Å². The van der Waals surface area contributed by atoms with Crippen LogP contribution < -0.4 is 10.6 Å². The number of anilines is 2. The zero-order valence-electron chi connectivity index (χ0n) is 11.1. The molecule has 0 atom stereocenters.